The second-order valence-corrected chi connectivity index (χ2v) is 16.4. The van der Waals surface area contributed by atoms with E-state index in [4.69, 9.17) is 21.1 Å². The topological polar surface area (TPSA) is 114 Å². The quantitative estimate of drug-likeness (QED) is 0.299. The number of nitrogens with one attached hydrogen (secondary N) is 2. The number of amides is 1. The molecule has 2 heterocycles. The van der Waals surface area contributed by atoms with E-state index in [2.05, 4.69) is 10.6 Å². The molecule has 1 unspecified atom stereocenters. The summed E-state index contributed by atoms with van der Waals surface area (Å²) in [6.07, 6.45) is 7.55. The molecular formula is C36H47ClFN3O6S. The summed E-state index contributed by atoms with van der Waals surface area (Å²) in [6.45, 7) is 0.936. The standard InChI is InChI=1S/C36H47ClFN3O6S/c1-46-36(43)40-35(34(23-7-11-26(37)12-8-23)24-9-14-29(15-10-24)47-30-16-17-30)33(42)20-25-4-2-6-32(38)31(25)18-13-28-21-39-27-5-3-19-48(44,45)41(28)22-27/h2,4,6-8,11-12,24,27-30,34-35,39H,3,5,9-10,13-22H2,1H3,(H,40,43)/t24?,27-,28+,29?,34+,35-/m1/s1. The molecule has 5 atom stereocenters. The van der Waals surface area contributed by atoms with E-state index in [1.807, 2.05) is 12.1 Å². The summed E-state index contributed by atoms with van der Waals surface area (Å²) in [5, 5.41) is 6.90. The van der Waals surface area contributed by atoms with E-state index in [1.165, 1.54) is 13.2 Å². The average Bonchev–Trinajstić information content (AvgIpc) is 3.90. The molecule has 48 heavy (non-hydrogen) atoms. The molecule has 1 amide bonds. The Morgan fingerprint density at radius 3 is 2.44 bits per heavy atom. The Hall–Kier alpha value is -2.57. The van der Waals surface area contributed by atoms with Gasteiger partial charge < -0.3 is 20.1 Å². The predicted octanol–water partition coefficient (Wildman–Crippen LogP) is 5.54. The van der Waals surface area contributed by atoms with Crippen LogP contribution in [0.1, 0.15) is 80.4 Å². The summed E-state index contributed by atoms with van der Waals surface area (Å²) in [6, 6.07) is 11.0. The Morgan fingerprint density at radius 1 is 1.04 bits per heavy atom. The molecule has 2 N–H and O–H groups in total. The van der Waals surface area contributed by atoms with Gasteiger partial charge >= 0.3 is 6.09 Å². The number of fused-ring (bicyclic) bond motifs is 2. The first kappa shape index (κ1) is 35.3. The Kier molecular flexibility index (Phi) is 11.4. The second kappa shape index (κ2) is 15.5. The van der Waals surface area contributed by atoms with E-state index in [0.717, 1.165) is 50.5 Å². The third-order valence-corrected chi connectivity index (χ3v) is 12.8. The van der Waals surface area contributed by atoms with Crippen LogP contribution in [0.4, 0.5) is 9.18 Å². The van der Waals surface area contributed by atoms with Crippen molar-refractivity contribution in [3.8, 4) is 0 Å². The number of alkyl carbamates (subject to hydrolysis) is 1. The van der Waals surface area contributed by atoms with Gasteiger partial charge in [0.2, 0.25) is 10.0 Å². The molecule has 2 aliphatic heterocycles. The molecule has 2 saturated carbocycles. The smallest absolute Gasteiger partial charge is 0.407 e. The van der Waals surface area contributed by atoms with Crippen LogP contribution in [0, 0.1) is 11.7 Å². The fourth-order valence-electron chi connectivity index (χ4n) is 7.94. The van der Waals surface area contributed by atoms with Gasteiger partial charge in [0.25, 0.3) is 0 Å². The highest BCUT2D eigenvalue weighted by Gasteiger charge is 2.41. The van der Waals surface area contributed by atoms with Crippen molar-refractivity contribution in [2.75, 3.05) is 26.0 Å². The maximum absolute atomic E-state index is 15.5. The van der Waals surface area contributed by atoms with Gasteiger partial charge in [-0.25, -0.2) is 17.6 Å². The molecule has 12 heteroatoms. The van der Waals surface area contributed by atoms with Crippen molar-refractivity contribution in [1.82, 2.24) is 14.9 Å². The fraction of sp³-hybridized carbons (Fsp3) is 0.611. The number of ketones is 1. The summed E-state index contributed by atoms with van der Waals surface area (Å²) in [5.74, 6) is -0.828. The molecular weight excluding hydrogens is 657 g/mol. The van der Waals surface area contributed by atoms with Crippen molar-refractivity contribution >= 4 is 33.5 Å². The largest absolute Gasteiger partial charge is 0.453 e. The van der Waals surface area contributed by atoms with Gasteiger partial charge in [0.1, 0.15) is 5.82 Å². The maximum atomic E-state index is 15.5. The number of ether oxygens (including phenoxy) is 2. The molecule has 0 radical (unpaired) electrons. The van der Waals surface area contributed by atoms with Crippen LogP contribution in [0.3, 0.4) is 0 Å². The third kappa shape index (κ3) is 8.59. The molecule has 2 aliphatic carbocycles. The SMILES string of the molecule is COC(=O)N[C@H](C(=O)Cc1cccc(F)c1CC[C@H]1CN[C@@H]2CCCS(=O)(=O)N1C2)[C@@H](c1ccc(Cl)cc1)C1CCC(OC2CC2)CC1. The lowest BCUT2D eigenvalue weighted by atomic mass is 9.71. The van der Waals surface area contributed by atoms with Gasteiger partial charge in [-0.1, -0.05) is 35.9 Å². The molecule has 0 spiro atoms. The minimum absolute atomic E-state index is 0.0847. The van der Waals surface area contributed by atoms with E-state index in [0.29, 0.717) is 48.2 Å². The number of methoxy groups -OCH3 is 1. The lowest BCUT2D eigenvalue weighted by Gasteiger charge is -2.38. The van der Waals surface area contributed by atoms with E-state index in [1.54, 1.807) is 28.6 Å². The fourth-order valence-corrected chi connectivity index (χ4v) is 9.87. The molecule has 9 nitrogen and oxygen atoms in total. The van der Waals surface area contributed by atoms with Crippen molar-refractivity contribution in [1.29, 1.82) is 0 Å². The Morgan fingerprint density at radius 2 is 1.75 bits per heavy atom. The summed E-state index contributed by atoms with van der Waals surface area (Å²) in [7, 11) is -2.12. The van der Waals surface area contributed by atoms with Crippen molar-refractivity contribution in [3.05, 3.63) is 70.0 Å². The van der Waals surface area contributed by atoms with Gasteiger partial charge in [0.15, 0.2) is 5.78 Å². The van der Waals surface area contributed by atoms with Gasteiger partial charge in [0, 0.05) is 42.5 Å². The average molecular weight is 704 g/mol. The highest BCUT2D eigenvalue weighted by Crippen LogP contribution is 2.41. The van der Waals surface area contributed by atoms with Crippen LogP contribution in [0.15, 0.2) is 42.5 Å². The van der Waals surface area contributed by atoms with Crippen LogP contribution >= 0.6 is 11.6 Å². The molecule has 4 aliphatic rings. The zero-order valence-electron chi connectivity index (χ0n) is 27.5. The lowest BCUT2D eigenvalue weighted by Crippen LogP contribution is -2.57. The zero-order valence-corrected chi connectivity index (χ0v) is 29.1. The van der Waals surface area contributed by atoms with Gasteiger partial charge in [-0.3, -0.25) is 4.79 Å². The maximum Gasteiger partial charge on any atom is 0.407 e. The molecule has 2 aromatic carbocycles. The van der Waals surface area contributed by atoms with Crippen LogP contribution in [-0.2, 0) is 37.1 Å². The minimum atomic E-state index is -3.39. The normalized spacial score (nSPS) is 28.1. The first-order valence-electron chi connectivity index (χ1n) is 17.4. The second-order valence-electron chi connectivity index (χ2n) is 13.9. The summed E-state index contributed by atoms with van der Waals surface area (Å²) in [5.41, 5.74) is 1.83. The summed E-state index contributed by atoms with van der Waals surface area (Å²) >= 11 is 6.25. The Balaban J connectivity index is 1.23. The van der Waals surface area contributed by atoms with Gasteiger partial charge in [0.05, 0.1) is 31.1 Å². The van der Waals surface area contributed by atoms with Crippen molar-refractivity contribution < 1.29 is 31.9 Å². The van der Waals surface area contributed by atoms with Crippen LogP contribution in [0.2, 0.25) is 5.02 Å². The van der Waals surface area contributed by atoms with Crippen molar-refractivity contribution in [3.63, 3.8) is 0 Å². The predicted molar refractivity (Wildman–Crippen MR) is 182 cm³/mol. The van der Waals surface area contributed by atoms with E-state index in [-0.39, 0.29) is 54.4 Å². The number of nitrogens with zero attached hydrogens (tertiary/aromatic N) is 1. The lowest BCUT2D eigenvalue weighted by molar-refractivity contribution is -0.121. The molecule has 2 aromatic rings. The van der Waals surface area contributed by atoms with Crippen molar-refractivity contribution in [2.24, 2.45) is 5.92 Å². The highest BCUT2D eigenvalue weighted by atomic mass is 35.5. The molecule has 6 rings (SSSR count). The highest BCUT2D eigenvalue weighted by molar-refractivity contribution is 7.89. The Bertz CT molecular complexity index is 1550. The number of rotatable bonds is 12. The first-order chi connectivity index (χ1) is 23.1. The number of piperazine rings is 1. The summed E-state index contributed by atoms with van der Waals surface area (Å²) in [4.78, 5) is 27.1. The minimum Gasteiger partial charge on any atom is -0.453 e. The molecule has 2 bridgehead atoms. The zero-order chi connectivity index (χ0) is 33.8. The van der Waals surface area contributed by atoms with Gasteiger partial charge in [-0.2, -0.15) is 4.31 Å². The number of hydrogen-bond donors (Lipinski definition) is 2. The number of benzene rings is 2. The van der Waals surface area contributed by atoms with E-state index < -0.39 is 28.0 Å². The molecule has 4 fully saturated rings. The number of sulfonamides is 1. The monoisotopic (exact) mass is 703 g/mol. The summed E-state index contributed by atoms with van der Waals surface area (Å²) < 4.78 is 54.3. The van der Waals surface area contributed by atoms with Crippen LogP contribution < -0.4 is 10.6 Å². The first-order valence-corrected chi connectivity index (χ1v) is 19.4. The number of Topliss-reactive ketones (excluding diaryl/α,β-unsaturated/α-hetero) is 1. The van der Waals surface area contributed by atoms with E-state index in [9.17, 15) is 18.0 Å². The number of carbonyl (C=O) groups is 2. The molecule has 262 valence electrons. The number of hydrogen-bond acceptors (Lipinski definition) is 7. The van der Waals surface area contributed by atoms with Crippen molar-refractivity contribution in [2.45, 2.75) is 107 Å². The van der Waals surface area contributed by atoms with Gasteiger partial charge in [-0.15, -0.1) is 0 Å². The van der Waals surface area contributed by atoms with Gasteiger partial charge in [-0.05, 0) is 105 Å². The third-order valence-electron chi connectivity index (χ3n) is 10.6. The molecule has 2 saturated heterocycles. The molecule has 0 aromatic heterocycles. The Labute approximate surface area is 288 Å². The number of carbonyl (C=O) groups excluding carboxylic acids is 2. The van der Waals surface area contributed by atoms with Crippen LogP contribution in [-0.4, -0.2) is 80.9 Å². The van der Waals surface area contributed by atoms with Crippen LogP contribution in [0.25, 0.3) is 0 Å². The van der Waals surface area contributed by atoms with E-state index >= 15 is 4.39 Å². The number of halogens is 2. The van der Waals surface area contributed by atoms with Crippen LogP contribution in [0.5, 0.6) is 0 Å².